The fraction of sp³-hybridized carbons (Fsp3) is 0.409. The zero-order valence-electron chi connectivity index (χ0n) is 16.1. The van der Waals surface area contributed by atoms with Gasteiger partial charge >= 0.3 is 0 Å². The molecule has 6 heteroatoms. The number of hydrogen-bond donors (Lipinski definition) is 1. The van der Waals surface area contributed by atoms with Crippen LogP contribution in [0.2, 0.25) is 5.02 Å². The molecule has 0 aliphatic carbocycles. The van der Waals surface area contributed by atoms with Crippen molar-refractivity contribution in [3.63, 3.8) is 0 Å². The second kappa shape index (κ2) is 10.7. The molecule has 0 saturated carbocycles. The molecule has 2 N–H and O–H groups in total. The summed E-state index contributed by atoms with van der Waals surface area (Å²) in [5, 5.41) is 0.697. The molecule has 152 valence electrons. The lowest BCUT2D eigenvalue weighted by Gasteiger charge is -2.33. The zero-order valence-corrected chi connectivity index (χ0v) is 17.7. The van der Waals surface area contributed by atoms with Gasteiger partial charge in [-0.25, -0.2) is 0 Å². The third kappa shape index (κ3) is 6.40. The Morgan fingerprint density at radius 3 is 2.54 bits per heavy atom. The van der Waals surface area contributed by atoms with Crippen LogP contribution < -0.4 is 10.5 Å². The number of nitrogens with zero attached hydrogens (tertiary/aromatic N) is 1. The van der Waals surface area contributed by atoms with Gasteiger partial charge < -0.3 is 15.4 Å². The number of rotatable bonds is 6. The zero-order chi connectivity index (χ0) is 19.2. The molecule has 0 spiro atoms. The molecular formula is C22H28Cl2N2O2. The summed E-state index contributed by atoms with van der Waals surface area (Å²) in [6.07, 6.45) is 2.38. The summed E-state index contributed by atoms with van der Waals surface area (Å²) in [5.74, 6) is 1.46. The second-order valence-corrected chi connectivity index (χ2v) is 7.76. The van der Waals surface area contributed by atoms with Crippen LogP contribution in [0.4, 0.5) is 0 Å². The highest BCUT2D eigenvalue weighted by molar-refractivity contribution is 6.30. The molecule has 0 bridgehead atoms. The number of piperidine rings is 1. The summed E-state index contributed by atoms with van der Waals surface area (Å²) in [4.78, 5) is 14.6. The molecule has 0 radical (unpaired) electrons. The maximum atomic E-state index is 12.6. The van der Waals surface area contributed by atoms with E-state index in [2.05, 4.69) is 6.92 Å². The Labute approximate surface area is 178 Å². The van der Waals surface area contributed by atoms with Crippen molar-refractivity contribution in [1.82, 2.24) is 4.90 Å². The van der Waals surface area contributed by atoms with Gasteiger partial charge in [0.15, 0.2) is 0 Å². The van der Waals surface area contributed by atoms with Crippen molar-refractivity contribution in [2.45, 2.75) is 38.8 Å². The van der Waals surface area contributed by atoms with E-state index in [1.54, 1.807) is 0 Å². The minimum absolute atomic E-state index is 0. The number of carbonyl (C=O) groups excluding carboxylic acids is 1. The van der Waals surface area contributed by atoms with Crippen molar-refractivity contribution in [3.8, 4) is 5.75 Å². The molecule has 2 aromatic carbocycles. The SMILES string of the molecule is CC(N)C1CCN(C(=O)Cc2cccc(OCc3cccc(Cl)c3)c2)CC1.Cl. The number of halogens is 2. The molecule has 1 unspecified atom stereocenters. The van der Waals surface area contributed by atoms with E-state index in [4.69, 9.17) is 22.1 Å². The normalized spacial score (nSPS) is 15.6. The summed E-state index contributed by atoms with van der Waals surface area (Å²) in [6.45, 7) is 4.10. The topological polar surface area (TPSA) is 55.6 Å². The van der Waals surface area contributed by atoms with Gasteiger partial charge in [-0.3, -0.25) is 4.79 Å². The highest BCUT2D eigenvalue weighted by Crippen LogP contribution is 2.21. The van der Waals surface area contributed by atoms with E-state index in [1.807, 2.05) is 53.4 Å². The maximum absolute atomic E-state index is 12.6. The van der Waals surface area contributed by atoms with E-state index in [0.29, 0.717) is 24.0 Å². The fourth-order valence-electron chi connectivity index (χ4n) is 3.50. The van der Waals surface area contributed by atoms with Gasteiger partial charge in [0.2, 0.25) is 5.91 Å². The van der Waals surface area contributed by atoms with Crippen molar-refractivity contribution in [1.29, 1.82) is 0 Å². The van der Waals surface area contributed by atoms with Crippen molar-refractivity contribution in [2.75, 3.05) is 13.1 Å². The highest BCUT2D eigenvalue weighted by Gasteiger charge is 2.24. The summed E-state index contributed by atoms with van der Waals surface area (Å²) in [7, 11) is 0. The van der Waals surface area contributed by atoms with Gasteiger partial charge in [-0.1, -0.05) is 35.9 Å². The van der Waals surface area contributed by atoms with Crippen LogP contribution in [0.15, 0.2) is 48.5 Å². The second-order valence-electron chi connectivity index (χ2n) is 7.32. The van der Waals surface area contributed by atoms with Crippen molar-refractivity contribution < 1.29 is 9.53 Å². The molecule has 1 fully saturated rings. The van der Waals surface area contributed by atoms with Crippen LogP contribution >= 0.6 is 24.0 Å². The molecule has 1 saturated heterocycles. The molecule has 1 atom stereocenters. The molecule has 1 aliphatic rings. The lowest BCUT2D eigenvalue weighted by Crippen LogP contribution is -2.43. The Kier molecular flexibility index (Phi) is 8.61. The fourth-order valence-corrected chi connectivity index (χ4v) is 3.71. The first-order valence-corrected chi connectivity index (χ1v) is 9.88. The molecular weight excluding hydrogens is 395 g/mol. The van der Waals surface area contributed by atoms with Gasteiger partial charge in [0.05, 0.1) is 6.42 Å². The van der Waals surface area contributed by atoms with Crippen LogP contribution in [0.3, 0.4) is 0 Å². The first-order valence-electron chi connectivity index (χ1n) is 9.51. The summed E-state index contributed by atoms with van der Waals surface area (Å²) < 4.78 is 5.86. The van der Waals surface area contributed by atoms with Crippen LogP contribution in [0.5, 0.6) is 5.75 Å². The van der Waals surface area contributed by atoms with Crippen LogP contribution in [-0.4, -0.2) is 29.9 Å². The monoisotopic (exact) mass is 422 g/mol. The average molecular weight is 423 g/mol. The summed E-state index contributed by atoms with van der Waals surface area (Å²) in [6, 6.07) is 15.6. The third-order valence-corrected chi connectivity index (χ3v) is 5.42. The lowest BCUT2D eigenvalue weighted by atomic mass is 9.91. The Morgan fingerprint density at radius 2 is 1.86 bits per heavy atom. The highest BCUT2D eigenvalue weighted by atomic mass is 35.5. The number of nitrogens with two attached hydrogens (primary N) is 1. The third-order valence-electron chi connectivity index (χ3n) is 5.18. The molecule has 28 heavy (non-hydrogen) atoms. The van der Waals surface area contributed by atoms with E-state index in [0.717, 1.165) is 42.8 Å². The number of amides is 1. The van der Waals surface area contributed by atoms with E-state index < -0.39 is 0 Å². The number of carbonyl (C=O) groups is 1. The van der Waals surface area contributed by atoms with Gasteiger partial charge in [0.25, 0.3) is 0 Å². The Morgan fingerprint density at radius 1 is 1.18 bits per heavy atom. The quantitative estimate of drug-likeness (QED) is 0.746. The van der Waals surface area contributed by atoms with Crippen molar-refractivity contribution >= 4 is 29.9 Å². The van der Waals surface area contributed by atoms with Crippen molar-refractivity contribution in [3.05, 3.63) is 64.7 Å². The summed E-state index contributed by atoms with van der Waals surface area (Å²) in [5.41, 5.74) is 7.97. The van der Waals surface area contributed by atoms with Crippen LogP contribution in [0.1, 0.15) is 30.9 Å². The predicted octanol–water partition coefficient (Wildman–Crippen LogP) is 4.47. The molecule has 4 nitrogen and oxygen atoms in total. The number of benzene rings is 2. The summed E-state index contributed by atoms with van der Waals surface area (Å²) >= 11 is 6.00. The van der Waals surface area contributed by atoms with E-state index in [-0.39, 0.29) is 24.4 Å². The molecule has 1 aliphatic heterocycles. The minimum atomic E-state index is 0. The van der Waals surface area contributed by atoms with Crippen LogP contribution in [0, 0.1) is 5.92 Å². The number of hydrogen-bond acceptors (Lipinski definition) is 3. The van der Waals surface area contributed by atoms with Gasteiger partial charge in [0, 0.05) is 24.2 Å². The smallest absolute Gasteiger partial charge is 0.226 e. The van der Waals surface area contributed by atoms with Gasteiger partial charge in [-0.15, -0.1) is 12.4 Å². The maximum Gasteiger partial charge on any atom is 0.226 e. The lowest BCUT2D eigenvalue weighted by molar-refractivity contribution is -0.131. The molecule has 3 rings (SSSR count). The van der Waals surface area contributed by atoms with Crippen molar-refractivity contribution in [2.24, 2.45) is 11.7 Å². The van der Waals surface area contributed by atoms with Gasteiger partial charge in [0.1, 0.15) is 12.4 Å². The Balaban J connectivity index is 0.00000280. The Hall–Kier alpha value is -1.75. The standard InChI is InChI=1S/C22H27ClN2O2.ClH/c1-16(24)19-8-10-25(11-9-19)22(26)14-17-4-3-7-21(13-17)27-15-18-5-2-6-20(23)12-18;/h2-7,12-13,16,19H,8-11,14-15,24H2,1H3;1H. The molecule has 0 aromatic heterocycles. The predicted molar refractivity (Wildman–Crippen MR) is 116 cm³/mol. The van der Waals surface area contributed by atoms with Gasteiger partial charge in [-0.2, -0.15) is 0 Å². The van der Waals surface area contributed by atoms with E-state index in [9.17, 15) is 4.79 Å². The first-order chi connectivity index (χ1) is 13.0. The van der Waals surface area contributed by atoms with E-state index >= 15 is 0 Å². The van der Waals surface area contributed by atoms with Crippen LogP contribution in [0.25, 0.3) is 0 Å². The molecule has 2 aromatic rings. The average Bonchev–Trinajstić information content (AvgIpc) is 2.67. The molecule has 1 heterocycles. The van der Waals surface area contributed by atoms with Gasteiger partial charge in [-0.05, 0) is 61.1 Å². The first kappa shape index (κ1) is 22.5. The largest absolute Gasteiger partial charge is 0.489 e. The molecule has 1 amide bonds. The Bertz CT molecular complexity index is 775. The van der Waals surface area contributed by atoms with E-state index in [1.165, 1.54) is 0 Å². The number of likely N-dealkylation sites (tertiary alicyclic amines) is 1. The van der Waals surface area contributed by atoms with Crippen LogP contribution in [-0.2, 0) is 17.8 Å². The minimum Gasteiger partial charge on any atom is -0.489 e. The number of ether oxygens (including phenoxy) is 1.